The Kier molecular flexibility index (Phi) is 20.2. The molecule has 0 bridgehead atoms. The third-order valence-electron chi connectivity index (χ3n) is 0.969. The Morgan fingerprint density at radius 2 is 1.47 bits per heavy atom. The summed E-state index contributed by atoms with van der Waals surface area (Å²) < 4.78 is 0. The summed E-state index contributed by atoms with van der Waals surface area (Å²) in [4.78, 5) is 1.58. The van der Waals surface area contributed by atoms with E-state index in [9.17, 15) is 0 Å². The Morgan fingerprint density at radius 1 is 1.20 bits per heavy atom. The number of thiocarbonyl (C=S) groups is 2. The van der Waals surface area contributed by atoms with E-state index in [0.29, 0.717) is 13.1 Å². The molecule has 0 aromatic heterocycles. The van der Waals surface area contributed by atoms with E-state index in [4.69, 9.17) is 10.2 Å². The average molecular weight is 274 g/mol. The molecule has 4 N–H and O–H groups in total. The Labute approximate surface area is 143 Å². The minimum atomic E-state index is -0.500. The van der Waals surface area contributed by atoms with Gasteiger partial charge in [-0.1, -0.05) is 12.2 Å². The Hall–Kier alpha value is 0.496. The summed E-state index contributed by atoms with van der Waals surface area (Å²) in [5.74, 6) is 0. The number of hydrogen-bond acceptors (Lipinski definition) is 2. The number of nitrogens with zero attached hydrogens (tertiary/aromatic N) is 1. The molecule has 0 fully saturated rings. The Morgan fingerprint density at radius 3 is 1.60 bits per heavy atom. The molecule has 0 atom stereocenters. The van der Waals surface area contributed by atoms with Gasteiger partial charge in [-0.2, -0.15) is 0 Å². The first-order valence-electron chi connectivity index (χ1n) is 3.63. The monoisotopic (exact) mass is 274 g/mol. The van der Waals surface area contributed by atoms with Crippen LogP contribution in [0.5, 0.6) is 0 Å². The van der Waals surface area contributed by atoms with E-state index in [1.54, 1.807) is 17.1 Å². The molecule has 0 aromatic carbocycles. The summed E-state index contributed by atoms with van der Waals surface area (Å²) >= 11 is 8.40. The molecule has 4 nitrogen and oxygen atoms in total. The molecular formula is C8H15KN2O2S2. The summed E-state index contributed by atoms with van der Waals surface area (Å²) in [6, 6.07) is 0. The molecule has 15 heavy (non-hydrogen) atoms. The summed E-state index contributed by atoms with van der Waals surface area (Å²) in [5.41, 5.74) is 4.40. The first-order valence-corrected chi connectivity index (χ1v) is 4.45. The second-order valence-corrected chi connectivity index (χ2v) is 2.89. The topological polar surface area (TPSA) is 69.7 Å². The molecule has 0 saturated heterocycles. The van der Waals surface area contributed by atoms with Crippen molar-refractivity contribution in [2.24, 2.45) is 5.73 Å². The van der Waals surface area contributed by atoms with Gasteiger partial charge in [0.2, 0.25) is 0 Å². The molecular weight excluding hydrogens is 259 g/mol. The molecule has 0 aliphatic rings. The van der Waals surface area contributed by atoms with Crippen LogP contribution in [0.1, 0.15) is 0 Å². The van der Waals surface area contributed by atoms with Gasteiger partial charge in [-0.3, -0.25) is 0 Å². The summed E-state index contributed by atoms with van der Waals surface area (Å²) in [5, 5.41) is 15.8. The molecule has 82 valence electrons. The van der Waals surface area contributed by atoms with Gasteiger partial charge in [0.05, 0.1) is 0 Å². The van der Waals surface area contributed by atoms with Gasteiger partial charge in [0.15, 0.2) is 0 Å². The predicted molar refractivity (Wildman–Crippen MR) is 73.8 cm³/mol. The molecule has 0 aromatic rings. The first kappa shape index (κ1) is 20.9. The van der Waals surface area contributed by atoms with Gasteiger partial charge in [0.1, 0.15) is 0 Å². The zero-order valence-electron chi connectivity index (χ0n) is 7.72. The average Bonchev–Trinajstić information content (AvgIpc) is 2.02. The van der Waals surface area contributed by atoms with Gasteiger partial charge in [-0.25, -0.2) is 0 Å². The van der Waals surface area contributed by atoms with Crippen molar-refractivity contribution < 1.29 is 10.2 Å². The van der Waals surface area contributed by atoms with Crippen molar-refractivity contribution >= 4 is 86.2 Å². The van der Waals surface area contributed by atoms with Crippen molar-refractivity contribution in [1.29, 1.82) is 0 Å². The van der Waals surface area contributed by atoms with Gasteiger partial charge < -0.3 is 20.8 Å². The van der Waals surface area contributed by atoms with Crippen molar-refractivity contribution in [3.05, 3.63) is 25.3 Å². The van der Waals surface area contributed by atoms with Gasteiger partial charge >= 0.3 is 51.4 Å². The molecule has 0 radical (unpaired) electrons. The minimum absolute atomic E-state index is 0. The quantitative estimate of drug-likeness (QED) is 0.397. The fourth-order valence-corrected chi connectivity index (χ4v) is 0.691. The zero-order valence-corrected chi connectivity index (χ0v) is 9.35. The third-order valence-corrected chi connectivity index (χ3v) is 1.23. The van der Waals surface area contributed by atoms with Crippen molar-refractivity contribution in [1.82, 2.24) is 4.90 Å². The van der Waals surface area contributed by atoms with Crippen LogP contribution in [0.15, 0.2) is 25.3 Å². The molecule has 0 saturated carbocycles. The van der Waals surface area contributed by atoms with Crippen LogP contribution in [-0.4, -0.2) is 89.9 Å². The SMILES string of the molecule is C=CCN(CC=C)C(O)=S.NC(O)=S.[KH]. The van der Waals surface area contributed by atoms with Crippen LogP contribution in [0.25, 0.3) is 0 Å². The molecule has 0 amide bonds. The molecule has 0 unspecified atom stereocenters. The van der Waals surface area contributed by atoms with Crippen molar-refractivity contribution in [2.75, 3.05) is 13.1 Å². The number of hydrogen-bond donors (Lipinski definition) is 3. The van der Waals surface area contributed by atoms with Crippen LogP contribution < -0.4 is 5.73 Å². The van der Waals surface area contributed by atoms with Gasteiger partial charge in [0.25, 0.3) is 10.3 Å². The van der Waals surface area contributed by atoms with Crippen molar-refractivity contribution in [2.45, 2.75) is 0 Å². The van der Waals surface area contributed by atoms with Crippen LogP contribution in [0.3, 0.4) is 0 Å². The number of aliphatic hydroxyl groups excluding tert-OH is 2. The maximum atomic E-state index is 8.84. The maximum absolute atomic E-state index is 8.84. The van der Waals surface area contributed by atoms with Gasteiger partial charge in [0, 0.05) is 13.1 Å². The normalized spacial score (nSPS) is 7.20. The number of rotatable bonds is 4. The van der Waals surface area contributed by atoms with E-state index in [2.05, 4.69) is 43.3 Å². The number of aliphatic hydroxyl groups is 2. The molecule has 0 aliphatic heterocycles. The fraction of sp³-hybridized carbons (Fsp3) is 0.250. The van der Waals surface area contributed by atoms with E-state index in [-0.39, 0.29) is 56.6 Å². The summed E-state index contributed by atoms with van der Waals surface area (Å²) in [7, 11) is 0. The Bertz CT molecular complexity index is 211. The van der Waals surface area contributed by atoms with E-state index < -0.39 is 5.17 Å². The molecule has 0 rings (SSSR count). The van der Waals surface area contributed by atoms with Gasteiger partial charge in [-0.05, 0) is 24.4 Å². The van der Waals surface area contributed by atoms with E-state index in [1.165, 1.54) is 0 Å². The zero-order chi connectivity index (χ0) is 11.6. The van der Waals surface area contributed by atoms with Crippen LogP contribution in [-0.2, 0) is 0 Å². The molecule has 0 heterocycles. The van der Waals surface area contributed by atoms with Crippen molar-refractivity contribution in [3.8, 4) is 0 Å². The first-order chi connectivity index (χ1) is 6.45. The second kappa shape index (κ2) is 14.5. The third kappa shape index (κ3) is 20.5. The van der Waals surface area contributed by atoms with E-state index in [1.807, 2.05) is 0 Å². The molecule has 0 aliphatic carbocycles. The summed E-state index contributed by atoms with van der Waals surface area (Å²) in [6.07, 6.45) is 3.35. The predicted octanol–water partition coefficient (Wildman–Crippen LogP) is 0.643. The van der Waals surface area contributed by atoms with E-state index in [0.717, 1.165) is 0 Å². The van der Waals surface area contributed by atoms with Crippen molar-refractivity contribution in [3.63, 3.8) is 0 Å². The fourth-order valence-electron chi connectivity index (χ4n) is 0.542. The molecule has 7 heteroatoms. The van der Waals surface area contributed by atoms with Crippen LogP contribution in [0.4, 0.5) is 0 Å². The number of nitrogens with two attached hydrogens (primary N) is 1. The van der Waals surface area contributed by atoms with Crippen LogP contribution in [0, 0.1) is 0 Å². The van der Waals surface area contributed by atoms with Gasteiger partial charge in [-0.15, -0.1) is 13.2 Å². The molecule has 0 spiro atoms. The standard InChI is InChI=1S/C7H11NOS.CH3NOS.K.H/c1-3-5-8(6-4-2)7(9)10;2-1(3)4;;/h3-4H,1-2,5-6H2,(H,9,10);(H3,2,3,4);;. The second-order valence-electron chi connectivity index (χ2n) is 2.10. The van der Waals surface area contributed by atoms with Crippen LogP contribution in [0.2, 0.25) is 0 Å². The summed E-state index contributed by atoms with van der Waals surface area (Å²) in [6.45, 7) is 8.15. The Balaban J connectivity index is -0.000000249. The van der Waals surface area contributed by atoms with Crippen LogP contribution >= 0.6 is 24.4 Å². The van der Waals surface area contributed by atoms with E-state index >= 15 is 0 Å².